The molecular formula is C9H9NO3. The van der Waals surface area contributed by atoms with Crippen molar-refractivity contribution in [1.82, 2.24) is 0 Å². The van der Waals surface area contributed by atoms with Crippen molar-refractivity contribution in [3.05, 3.63) is 24.5 Å². The zero-order valence-corrected chi connectivity index (χ0v) is 7.07. The zero-order chi connectivity index (χ0) is 9.26. The number of benzene rings is 1. The maximum atomic E-state index is 8.71. The summed E-state index contributed by atoms with van der Waals surface area (Å²) in [6, 6.07) is 5.38. The van der Waals surface area contributed by atoms with Crippen molar-refractivity contribution >= 4 is 16.7 Å². The SMILES string of the molecule is COc1ccc2c(NO)coc2c1. The van der Waals surface area contributed by atoms with Gasteiger partial charge in [-0.25, -0.2) is 0 Å². The Morgan fingerprint density at radius 1 is 1.46 bits per heavy atom. The Labute approximate surface area is 74.7 Å². The summed E-state index contributed by atoms with van der Waals surface area (Å²) in [5.74, 6) is 0.728. The van der Waals surface area contributed by atoms with Gasteiger partial charge in [-0.3, -0.25) is 10.7 Å². The maximum absolute atomic E-state index is 8.71. The summed E-state index contributed by atoms with van der Waals surface area (Å²) in [4.78, 5) is 0. The van der Waals surface area contributed by atoms with E-state index in [0.29, 0.717) is 11.3 Å². The fraction of sp³-hybridized carbons (Fsp3) is 0.111. The number of methoxy groups -OCH3 is 1. The molecule has 1 aromatic carbocycles. The molecule has 4 heteroatoms. The molecule has 0 atom stereocenters. The van der Waals surface area contributed by atoms with Gasteiger partial charge in [0.25, 0.3) is 0 Å². The third kappa shape index (κ3) is 1.21. The number of fused-ring (bicyclic) bond motifs is 1. The molecular weight excluding hydrogens is 170 g/mol. The first kappa shape index (κ1) is 7.94. The van der Waals surface area contributed by atoms with Crippen LogP contribution in [0.4, 0.5) is 5.69 Å². The summed E-state index contributed by atoms with van der Waals surface area (Å²) in [7, 11) is 1.59. The second-order valence-corrected chi connectivity index (χ2v) is 2.62. The van der Waals surface area contributed by atoms with Gasteiger partial charge >= 0.3 is 0 Å². The minimum atomic E-state index is 0.553. The Bertz CT molecular complexity index is 422. The third-order valence-electron chi connectivity index (χ3n) is 1.90. The first-order valence-corrected chi connectivity index (χ1v) is 3.80. The minimum Gasteiger partial charge on any atom is -0.497 e. The molecule has 2 N–H and O–H groups in total. The quantitative estimate of drug-likeness (QED) is 0.694. The summed E-state index contributed by atoms with van der Waals surface area (Å²) in [5, 5.41) is 9.53. The molecule has 13 heavy (non-hydrogen) atoms. The highest BCUT2D eigenvalue weighted by Crippen LogP contribution is 2.28. The van der Waals surface area contributed by atoms with E-state index in [2.05, 4.69) is 5.48 Å². The topological polar surface area (TPSA) is 54.6 Å². The number of hydrogen-bond donors (Lipinski definition) is 2. The molecule has 1 aromatic heterocycles. The van der Waals surface area contributed by atoms with Crippen molar-refractivity contribution < 1.29 is 14.4 Å². The summed E-state index contributed by atoms with van der Waals surface area (Å²) < 4.78 is 10.2. The van der Waals surface area contributed by atoms with Crippen molar-refractivity contribution in [2.45, 2.75) is 0 Å². The Morgan fingerprint density at radius 3 is 3.00 bits per heavy atom. The van der Waals surface area contributed by atoms with Crippen LogP contribution in [-0.4, -0.2) is 12.3 Å². The second-order valence-electron chi connectivity index (χ2n) is 2.62. The lowest BCUT2D eigenvalue weighted by Gasteiger charge is -1.98. The molecule has 0 radical (unpaired) electrons. The average Bonchev–Trinajstić information content (AvgIpc) is 2.59. The molecule has 2 rings (SSSR count). The Hall–Kier alpha value is -1.68. The van der Waals surface area contributed by atoms with Crippen LogP contribution < -0.4 is 10.2 Å². The smallest absolute Gasteiger partial charge is 0.139 e. The standard InChI is InChI=1S/C9H9NO3/c1-12-6-2-3-7-8(10-11)5-13-9(7)4-6/h2-5,10-11H,1H3. The molecule has 0 bridgehead atoms. The molecule has 0 spiro atoms. The van der Waals surface area contributed by atoms with Gasteiger partial charge in [0.15, 0.2) is 0 Å². The highest BCUT2D eigenvalue weighted by atomic mass is 16.5. The average molecular weight is 179 g/mol. The van der Waals surface area contributed by atoms with Crippen molar-refractivity contribution in [3.8, 4) is 5.75 Å². The van der Waals surface area contributed by atoms with Crippen molar-refractivity contribution in [2.75, 3.05) is 12.6 Å². The number of rotatable bonds is 2. The molecule has 0 aliphatic rings. The van der Waals surface area contributed by atoms with Gasteiger partial charge in [0.2, 0.25) is 0 Å². The van der Waals surface area contributed by atoms with Crippen LogP contribution in [-0.2, 0) is 0 Å². The summed E-state index contributed by atoms with van der Waals surface area (Å²) in [6.07, 6.45) is 1.45. The Kier molecular flexibility index (Phi) is 1.83. The number of hydrogen-bond acceptors (Lipinski definition) is 4. The van der Waals surface area contributed by atoms with Crippen LogP contribution in [0.5, 0.6) is 5.75 Å². The molecule has 0 saturated carbocycles. The molecule has 2 aromatic rings. The highest BCUT2D eigenvalue weighted by molar-refractivity contribution is 5.90. The number of nitrogens with one attached hydrogen (secondary N) is 1. The van der Waals surface area contributed by atoms with Gasteiger partial charge in [-0.1, -0.05) is 0 Å². The van der Waals surface area contributed by atoms with E-state index in [1.165, 1.54) is 6.26 Å². The van der Waals surface area contributed by atoms with E-state index in [4.69, 9.17) is 14.4 Å². The van der Waals surface area contributed by atoms with Gasteiger partial charge < -0.3 is 9.15 Å². The van der Waals surface area contributed by atoms with E-state index >= 15 is 0 Å². The fourth-order valence-electron chi connectivity index (χ4n) is 1.22. The lowest BCUT2D eigenvalue weighted by Crippen LogP contribution is -1.86. The van der Waals surface area contributed by atoms with Gasteiger partial charge in [-0.2, -0.15) is 0 Å². The Balaban J connectivity index is 2.61. The highest BCUT2D eigenvalue weighted by Gasteiger charge is 2.05. The van der Waals surface area contributed by atoms with E-state index in [-0.39, 0.29) is 0 Å². The lowest BCUT2D eigenvalue weighted by molar-refractivity contribution is 0.388. The normalized spacial score (nSPS) is 10.3. The number of furan rings is 1. The minimum absolute atomic E-state index is 0.553. The molecule has 4 nitrogen and oxygen atoms in total. The summed E-state index contributed by atoms with van der Waals surface area (Å²) in [6.45, 7) is 0. The molecule has 0 fully saturated rings. The van der Waals surface area contributed by atoms with Crippen LogP contribution >= 0.6 is 0 Å². The zero-order valence-electron chi connectivity index (χ0n) is 7.07. The van der Waals surface area contributed by atoms with Crippen molar-refractivity contribution in [2.24, 2.45) is 0 Å². The van der Waals surface area contributed by atoms with Crippen LogP contribution in [0.2, 0.25) is 0 Å². The molecule has 68 valence electrons. The number of ether oxygens (including phenoxy) is 1. The van der Waals surface area contributed by atoms with E-state index in [0.717, 1.165) is 11.1 Å². The third-order valence-corrected chi connectivity index (χ3v) is 1.90. The van der Waals surface area contributed by atoms with Crippen LogP contribution in [0.1, 0.15) is 0 Å². The first-order valence-electron chi connectivity index (χ1n) is 3.80. The van der Waals surface area contributed by atoms with Crippen molar-refractivity contribution in [3.63, 3.8) is 0 Å². The van der Waals surface area contributed by atoms with E-state index in [9.17, 15) is 0 Å². The molecule has 1 heterocycles. The lowest BCUT2D eigenvalue weighted by atomic mass is 10.2. The van der Waals surface area contributed by atoms with Gasteiger partial charge in [-0.15, -0.1) is 0 Å². The molecule has 0 amide bonds. The first-order chi connectivity index (χ1) is 6.35. The van der Waals surface area contributed by atoms with Crippen molar-refractivity contribution in [1.29, 1.82) is 0 Å². The maximum Gasteiger partial charge on any atom is 0.139 e. The largest absolute Gasteiger partial charge is 0.497 e. The van der Waals surface area contributed by atoms with E-state index in [1.807, 2.05) is 6.07 Å². The summed E-state index contributed by atoms with van der Waals surface area (Å²) >= 11 is 0. The molecule has 0 aliphatic heterocycles. The molecule has 0 saturated heterocycles. The fourth-order valence-corrected chi connectivity index (χ4v) is 1.22. The van der Waals surface area contributed by atoms with Gasteiger partial charge in [-0.05, 0) is 12.1 Å². The molecule has 0 unspecified atom stereocenters. The van der Waals surface area contributed by atoms with Gasteiger partial charge in [0, 0.05) is 11.5 Å². The van der Waals surface area contributed by atoms with E-state index in [1.54, 1.807) is 19.2 Å². The summed E-state index contributed by atoms with van der Waals surface area (Å²) in [5.41, 5.74) is 3.28. The predicted octanol–water partition coefficient (Wildman–Crippen LogP) is 2.24. The van der Waals surface area contributed by atoms with E-state index < -0.39 is 0 Å². The van der Waals surface area contributed by atoms with Crippen LogP contribution in [0.3, 0.4) is 0 Å². The van der Waals surface area contributed by atoms with Crippen LogP contribution in [0.15, 0.2) is 28.9 Å². The number of anilines is 1. The Morgan fingerprint density at radius 2 is 2.31 bits per heavy atom. The van der Waals surface area contributed by atoms with Crippen LogP contribution in [0, 0.1) is 0 Å². The molecule has 0 aliphatic carbocycles. The monoisotopic (exact) mass is 179 g/mol. The van der Waals surface area contributed by atoms with Gasteiger partial charge in [0.1, 0.15) is 23.3 Å². The second kappa shape index (κ2) is 2.99. The van der Waals surface area contributed by atoms with Gasteiger partial charge in [0.05, 0.1) is 7.11 Å². The van der Waals surface area contributed by atoms with Crippen LogP contribution in [0.25, 0.3) is 11.0 Å². The predicted molar refractivity (Wildman–Crippen MR) is 48.2 cm³/mol.